The number of nitrogens with one attached hydrogen (secondary N) is 1. The highest BCUT2D eigenvalue weighted by atomic mass is 35.5. The van der Waals surface area contributed by atoms with Crippen molar-refractivity contribution in [1.29, 1.82) is 0 Å². The molecular weight excluding hydrogens is 456 g/mol. The average molecular weight is 477 g/mol. The van der Waals surface area contributed by atoms with Crippen LogP contribution in [0.1, 0.15) is 43.6 Å². The Hall–Kier alpha value is -3.97. The number of esters is 1. The van der Waals surface area contributed by atoms with Crippen LogP contribution in [0.4, 0.5) is 5.69 Å². The van der Waals surface area contributed by atoms with E-state index in [0.717, 1.165) is 5.56 Å². The van der Waals surface area contributed by atoms with E-state index in [0.29, 0.717) is 17.1 Å². The van der Waals surface area contributed by atoms with Crippen LogP contribution in [0.2, 0.25) is 5.02 Å². The number of rotatable bonds is 7. The second kappa shape index (κ2) is 9.89. The van der Waals surface area contributed by atoms with Crippen molar-refractivity contribution in [2.45, 2.75) is 19.4 Å². The molecule has 0 aliphatic carbocycles. The van der Waals surface area contributed by atoms with Gasteiger partial charge in [0.15, 0.2) is 6.10 Å². The molecule has 1 N–H and O–H groups in total. The summed E-state index contributed by atoms with van der Waals surface area (Å²) < 4.78 is 5.26. The highest BCUT2D eigenvalue weighted by Gasteiger charge is 2.36. The van der Waals surface area contributed by atoms with Crippen molar-refractivity contribution in [1.82, 2.24) is 4.90 Å². The standard InChI is InChI=1S/C26H21ClN2O5/c1-16(23(30)28-22-10-6-5-9-21(22)27)34-26(33)18-11-12-19-20(15-18)25(32)29(24(19)31)14-13-17-7-3-2-4-8-17/h2-12,15-16H,13-14H2,1H3,(H,28,30). The van der Waals surface area contributed by atoms with Gasteiger partial charge in [-0.05, 0) is 49.2 Å². The topological polar surface area (TPSA) is 92.8 Å². The third-order valence-corrected chi connectivity index (χ3v) is 5.79. The summed E-state index contributed by atoms with van der Waals surface area (Å²) in [7, 11) is 0. The second-order valence-corrected chi connectivity index (χ2v) is 8.18. The molecule has 8 heteroatoms. The number of carbonyl (C=O) groups is 4. The molecule has 172 valence electrons. The number of hydrogen-bond donors (Lipinski definition) is 1. The summed E-state index contributed by atoms with van der Waals surface area (Å²) >= 11 is 6.04. The first kappa shape index (κ1) is 23.2. The molecule has 1 aliphatic heterocycles. The number of nitrogens with zero attached hydrogens (tertiary/aromatic N) is 1. The fourth-order valence-electron chi connectivity index (χ4n) is 3.59. The van der Waals surface area contributed by atoms with Crippen molar-refractivity contribution >= 4 is 41.0 Å². The largest absolute Gasteiger partial charge is 0.449 e. The lowest BCUT2D eigenvalue weighted by atomic mass is 10.1. The lowest BCUT2D eigenvalue weighted by molar-refractivity contribution is -0.123. The van der Waals surface area contributed by atoms with Gasteiger partial charge < -0.3 is 10.1 Å². The summed E-state index contributed by atoms with van der Waals surface area (Å²) in [6.07, 6.45) is -0.587. The average Bonchev–Trinajstić information content (AvgIpc) is 3.08. The Morgan fingerprint density at radius 1 is 0.941 bits per heavy atom. The van der Waals surface area contributed by atoms with E-state index in [1.54, 1.807) is 24.3 Å². The number of anilines is 1. The van der Waals surface area contributed by atoms with Gasteiger partial charge in [0.1, 0.15) is 0 Å². The molecule has 3 amide bonds. The molecule has 1 heterocycles. The number of para-hydroxylation sites is 1. The quantitative estimate of drug-likeness (QED) is 0.404. The molecule has 0 saturated carbocycles. The highest BCUT2D eigenvalue weighted by Crippen LogP contribution is 2.25. The molecule has 7 nitrogen and oxygen atoms in total. The van der Waals surface area contributed by atoms with Gasteiger partial charge in [0.05, 0.1) is 27.4 Å². The maximum absolute atomic E-state index is 12.8. The van der Waals surface area contributed by atoms with E-state index >= 15 is 0 Å². The molecule has 0 spiro atoms. The summed E-state index contributed by atoms with van der Waals surface area (Å²) in [5.41, 5.74) is 1.85. The third-order valence-electron chi connectivity index (χ3n) is 5.46. The summed E-state index contributed by atoms with van der Waals surface area (Å²) in [5, 5.41) is 2.96. The maximum Gasteiger partial charge on any atom is 0.338 e. The first-order valence-corrected chi connectivity index (χ1v) is 11.0. The predicted molar refractivity (Wildman–Crippen MR) is 127 cm³/mol. The molecule has 0 fully saturated rings. The van der Waals surface area contributed by atoms with Crippen molar-refractivity contribution in [2.24, 2.45) is 0 Å². The zero-order valence-electron chi connectivity index (χ0n) is 18.3. The molecule has 3 aromatic rings. The van der Waals surface area contributed by atoms with Crippen LogP contribution < -0.4 is 5.32 Å². The number of amides is 3. The van der Waals surface area contributed by atoms with E-state index < -0.39 is 29.8 Å². The van der Waals surface area contributed by atoms with E-state index in [1.807, 2.05) is 30.3 Å². The van der Waals surface area contributed by atoms with Gasteiger partial charge in [-0.15, -0.1) is 0 Å². The first-order chi connectivity index (χ1) is 16.3. The Balaban J connectivity index is 1.42. The van der Waals surface area contributed by atoms with Gasteiger partial charge in [-0.1, -0.05) is 54.1 Å². The Kier molecular flexibility index (Phi) is 6.75. The van der Waals surface area contributed by atoms with Crippen LogP contribution >= 0.6 is 11.6 Å². The van der Waals surface area contributed by atoms with E-state index in [-0.39, 0.29) is 23.2 Å². The molecule has 1 unspecified atom stereocenters. The smallest absolute Gasteiger partial charge is 0.338 e. The van der Waals surface area contributed by atoms with E-state index in [1.165, 1.54) is 30.0 Å². The normalized spacial score (nSPS) is 13.4. The van der Waals surface area contributed by atoms with Crippen LogP contribution in [0, 0.1) is 0 Å². The Labute approximate surface area is 201 Å². The molecule has 3 aromatic carbocycles. The van der Waals surface area contributed by atoms with Gasteiger partial charge in [0, 0.05) is 6.54 Å². The minimum Gasteiger partial charge on any atom is -0.449 e. The molecule has 0 aromatic heterocycles. The van der Waals surface area contributed by atoms with Gasteiger partial charge >= 0.3 is 5.97 Å². The first-order valence-electron chi connectivity index (χ1n) is 10.7. The fraction of sp³-hybridized carbons (Fsp3) is 0.154. The lowest BCUT2D eigenvalue weighted by Crippen LogP contribution is -2.31. The van der Waals surface area contributed by atoms with E-state index in [2.05, 4.69) is 5.32 Å². The van der Waals surface area contributed by atoms with Crippen molar-refractivity contribution in [3.63, 3.8) is 0 Å². The summed E-state index contributed by atoms with van der Waals surface area (Å²) in [5.74, 6) is -2.20. The Morgan fingerprint density at radius 2 is 1.62 bits per heavy atom. The lowest BCUT2D eigenvalue weighted by Gasteiger charge is -2.14. The van der Waals surface area contributed by atoms with Crippen LogP contribution in [-0.2, 0) is 16.0 Å². The van der Waals surface area contributed by atoms with Gasteiger partial charge in [0.2, 0.25) is 0 Å². The van der Waals surface area contributed by atoms with Gasteiger partial charge in [0.25, 0.3) is 17.7 Å². The summed E-state index contributed by atoms with van der Waals surface area (Å²) in [6.45, 7) is 1.66. The van der Waals surface area contributed by atoms with Crippen molar-refractivity contribution in [2.75, 3.05) is 11.9 Å². The number of halogens is 1. The molecule has 1 aliphatic rings. The highest BCUT2D eigenvalue weighted by molar-refractivity contribution is 6.33. The Bertz CT molecular complexity index is 1280. The molecular formula is C26H21ClN2O5. The zero-order valence-corrected chi connectivity index (χ0v) is 19.0. The van der Waals surface area contributed by atoms with Crippen LogP contribution in [0.3, 0.4) is 0 Å². The monoisotopic (exact) mass is 476 g/mol. The molecule has 4 rings (SSSR count). The molecule has 1 atom stereocenters. The summed E-state index contributed by atoms with van der Waals surface area (Å²) in [4.78, 5) is 51.7. The van der Waals surface area contributed by atoms with Crippen molar-refractivity contribution in [3.05, 3.63) is 100 Å². The van der Waals surface area contributed by atoms with Crippen molar-refractivity contribution in [3.8, 4) is 0 Å². The van der Waals surface area contributed by atoms with Gasteiger partial charge in [-0.2, -0.15) is 0 Å². The van der Waals surface area contributed by atoms with E-state index in [9.17, 15) is 19.2 Å². The minimum absolute atomic E-state index is 0.0715. The molecule has 0 bridgehead atoms. The van der Waals surface area contributed by atoms with Gasteiger partial charge in [-0.25, -0.2) is 4.79 Å². The maximum atomic E-state index is 12.8. The third kappa shape index (κ3) is 4.84. The summed E-state index contributed by atoms with van der Waals surface area (Å²) in [6, 6.07) is 20.4. The van der Waals surface area contributed by atoms with Crippen LogP contribution in [0.25, 0.3) is 0 Å². The Morgan fingerprint density at radius 3 is 2.35 bits per heavy atom. The minimum atomic E-state index is -1.11. The second-order valence-electron chi connectivity index (χ2n) is 7.77. The van der Waals surface area contributed by atoms with Crippen molar-refractivity contribution < 1.29 is 23.9 Å². The van der Waals surface area contributed by atoms with Crippen LogP contribution in [0.15, 0.2) is 72.8 Å². The number of hydrogen-bond acceptors (Lipinski definition) is 5. The molecule has 34 heavy (non-hydrogen) atoms. The van der Waals surface area contributed by atoms with Crippen LogP contribution in [0.5, 0.6) is 0 Å². The number of imide groups is 1. The fourth-order valence-corrected chi connectivity index (χ4v) is 3.77. The number of carbonyl (C=O) groups excluding carboxylic acids is 4. The SMILES string of the molecule is CC(OC(=O)c1ccc2c(c1)C(=O)N(CCc1ccccc1)C2=O)C(=O)Nc1ccccc1Cl. The number of benzene rings is 3. The van der Waals surface area contributed by atoms with Gasteiger partial charge in [-0.3, -0.25) is 19.3 Å². The molecule has 0 radical (unpaired) electrons. The molecule has 0 saturated heterocycles. The number of fused-ring (bicyclic) bond motifs is 1. The zero-order chi connectivity index (χ0) is 24.2. The van der Waals surface area contributed by atoms with Crippen LogP contribution in [-0.4, -0.2) is 41.2 Å². The predicted octanol–water partition coefficient (Wildman–Crippen LogP) is 4.36. The number of ether oxygens (including phenoxy) is 1. The van der Waals surface area contributed by atoms with E-state index in [4.69, 9.17) is 16.3 Å².